The van der Waals surface area contributed by atoms with E-state index in [0.717, 1.165) is 27.3 Å². The fourth-order valence-corrected chi connectivity index (χ4v) is 10.9. The van der Waals surface area contributed by atoms with Crippen LogP contribution < -0.4 is 24.2 Å². The number of tetrazole rings is 1. The molecule has 7 rings (SSSR count). The summed E-state index contributed by atoms with van der Waals surface area (Å²) < 4.78 is 80.8. The van der Waals surface area contributed by atoms with Crippen molar-refractivity contribution in [2.24, 2.45) is 0 Å². The average molecular weight is 910 g/mol. The number of rotatable bonds is 18. The maximum Gasteiger partial charge on any atom is 0.404 e. The van der Waals surface area contributed by atoms with Gasteiger partial charge in [0.1, 0.15) is 33.1 Å². The van der Waals surface area contributed by atoms with E-state index in [1.807, 2.05) is 0 Å². The lowest BCUT2D eigenvalue weighted by Crippen LogP contribution is -2.36. The lowest BCUT2D eigenvalue weighted by Gasteiger charge is -2.26. The van der Waals surface area contributed by atoms with Crippen LogP contribution in [0.4, 0.5) is 4.79 Å². The van der Waals surface area contributed by atoms with Gasteiger partial charge in [-0.2, -0.15) is 14.4 Å². The van der Waals surface area contributed by atoms with E-state index in [4.69, 9.17) is 19.3 Å². The van der Waals surface area contributed by atoms with Crippen LogP contribution in [0.2, 0.25) is 0 Å². The minimum absolute atomic E-state index is 0.0960. The second-order valence-electron chi connectivity index (χ2n) is 13.7. The molecule has 0 aliphatic heterocycles. The first kappa shape index (κ1) is 44.1. The molecule has 0 atom stereocenters. The Morgan fingerprint density at radius 3 is 1.94 bits per heavy atom. The number of nitrogens with one attached hydrogen (secondary N) is 2. The molecule has 18 nitrogen and oxygen atoms in total. The quantitative estimate of drug-likeness (QED) is 0.0902. The first-order valence-corrected chi connectivity index (χ1v) is 22.7. The van der Waals surface area contributed by atoms with Crippen molar-refractivity contribution >= 4 is 47.7 Å². The van der Waals surface area contributed by atoms with Gasteiger partial charge >= 0.3 is 6.09 Å². The van der Waals surface area contributed by atoms with Gasteiger partial charge in [-0.15, -0.1) is 21.5 Å². The molecule has 1 amide bonds. The van der Waals surface area contributed by atoms with Gasteiger partial charge < -0.3 is 24.6 Å². The maximum atomic E-state index is 15.9. The number of fused-ring (bicyclic) bond motifs is 1. The van der Waals surface area contributed by atoms with Crippen molar-refractivity contribution in [3.05, 3.63) is 125 Å². The number of benzene rings is 5. The third-order valence-electron chi connectivity index (χ3n) is 9.70. The van der Waals surface area contributed by atoms with E-state index in [1.165, 1.54) is 25.1 Å². The molecule has 0 bridgehead atoms. The summed E-state index contributed by atoms with van der Waals surface area (Å²) in [5.74, 6) is 1.47. The summed E-state index contributed by atoms with van der Waals surface area (Å²) in [6, 6.07) is 30.4. The molecule has 63 heavy (non-hydrogen) atoms. The third kappa shape index (κ3) is 9.90. The first-order chi connectivity index (χ1) is 30.3. The summed E-state index contributed by atoms with van der Waals surface area (Å²) >= 11 is 1.13. The predicted octanol–water partition coefficient (Wildman–Crippen LogP) is 5.50. The lowest BCUT2D eigenvalue weighted by atomic mass is 9.98. The summed E-state index contributed by atoms with van der Waals surface area (Å²) in [4.78, 5) is 15.7. The second kappa shape index (κ2) is 19.0. The normalized spacial score (nSPS) is 11.7. The van der Waals surface area contributed by atoms with Gasteiger partial charge in [-0.05, 0) is 76.0 Å². The van der Waals surface area contributed by atoms with E-state index in [1.54, 1.807) is 98.1 Å². The van der Waals surface area contributed by atoms with Crippen molar-refractivity contribution in [3.63, 3.8) is 0 Å². The fraction of sp³-hybridized carbons (Fsp3) is 0.190. The molecule has 0 radical (unpaired) electrons. The molecule has 0 aliphatic carbocycles. The molecule has 0 aliphatic rings. The van der Waals surface area contributed by atoms with E-state index in [2.05, 4.69) is 36.5 Å². The molecule has 0 saturated carbocycles. The largest absolute Gasteiger partial charge is 0.497 e. The van der Waals surface area contributed by atoms with E-state index in [-0.39, 0.29) is 48.1 Å². The Morgan fingerprint density at radius 1 is 0.794 bits per heavy atom. The number of sulfonamides is 2. The van der Waals surface area contributed by atoms with Gasteiger partial charge in [-0.1, -0.05) is 54.6 Å². The molecule has 3 N–H and O–H groups in total. The highest BCUT2D eigenvalue weighted by atomic mass is 32.2. The Kier molecular flexibility index (Phi) is 13.3. The molecular weight excluding hydrogens is 871 g/mol. The summed E-state index contributed by atoms with van der Waals surface area (Å²) in [6.07, 6.45) is -1.38. The highest BCUT2D eigenvalue weighted by Crippen LogP contribution is 2.43. The summed E-state index contributed by atoms with van der Waals surface area (Å²) in [5.41, 5.74) is 2.54. The Bertz CT molecular complexity index is 2980. The number of para-hydroxylation sites is 1. The Balaban J connectivity index is 1.50. The molecule has 0 saturated heterocycles. The zero-order valence-corrected chi connectivity index (χ0v) is 36.4. The molecule has 5 aromatic carbocycles. The topological polar surface area (TPSA) is 241 Å². The molecule has 0 spiro atoms. The van der Waals surface area contributed by atoms with Gasteiger partial charge in [0.25, 0.3) is 0 Å². The fourth-order valence-electron chi connectivity index (χ4n) is 6.65. The number of carboxylic acid groups (broad SMARTS) is 1. The second-order valence-corrected chi connectivity index (χ2v) is 18.3. The number of carbonyl (C=O) groups is 1. The zero-order valence-electron chi connectivity index (χ0n) is 33.9. The Hall–Kier alpha value is -6.96. The smallest absolute Gasteiger partial charge is 0.404 e. The van der Waals surface area contributed by atoms with Crippen LogP contribution in [0.3, 0.4) is 0 Å². The SMILES string of the molecule is COc1ccc(CN(Cc2ccc(OC)cc2)S(=O)(=O)c2c(S(=O)(=O)NCCNC(=O)O)ccc(-c3cccc4sc(C#N)nc34)c2-c2nnn(Cc3ccc(OC)cc3)n2)cc1. The van der Waals surface area contributed by atoms with E-state index in [9.17, 15) is 18.5 Å². The van der Waals surface area contributed by atoms with Crippen molar-refractivity contribution in [1.29, 1.82) is 5.26 Å². The monoisotopic (exact) mass is 909 g/mol. The molecule has 2 heterocycles. The number of nitrogens with zero attached hydrogens (tertiary/aromatic N) is 7. The standard InChI is InChI=1S/C42H39N9O9S3/c1-58-30-13-7-27(8-14-30)24-50(25-28-9-15-31(59-2)16-10-28)63(56,57)40-36(62(54,55)45-22-21-44-42(52)53)20-19-33(34-5-4-6-35-39(34)46-37(23-43)61-35)38(40)41-47-49-51(48-41)26-29-11-17-32(60-3)18-12-29/h4-20,44-45H,21-22,24-26H2,1-3H3,(H,52,53). The summed E-state index contributed by atoms with van der Waals surface area (Å²) in [5, 5.41) is 34.5. The molecular formula is C42H39N9O9S3. The van der Waals surface area contributed by atoms with Crippen LogP contribution in [0.1, 0.15) is 21.7 Å². The molecule has 0 unspecified atom stereocenters. The maximum absolute atomic E-state index is 15.9. The molecule has 7 aromatic rings. The minimum atomic E-state index is -4.97. The van der Waals surface area contributed by atoms with Crippen LogP contribution in [0.25, 0.3) is 32.7 Å². The molecule has 324 valence electrons. The number of amides is 1. The van der Waals surface area contributed by atoms with Crippen LogP contribution >= 0.6 is 11.3 Å². The number of thiazole rings is 1. The number of hydrogen-bond acceptors (Lipinski definition) is 14. The number of hydrogen-bond donors (Lipinski definition) is 3. The molecule has 21 heteroatoms. The molecule has 0 fully saturated rings. The minimum Gasteiger partial charge on any atom is -0.497 e. The molecule has 2 aromatic heterocycles. The van der Waals surface area contributed by atoms with Gasteiger partial charge in [-0.3, -0.25) is 0 Å². The van der Waals surface area contributed by atoms with E-state index >= 15 is 8.42 Å². The Labute approximate surface area is 366 Å². The number of ether oxygens (including phenoxy) is 3. The van der Waals surface area contributed by atoms with Crippen LogP contribution in [-0.2, 0) is 39.7 Å². The van der Waals surface area contributed by atoms with Crippen LogP contribution in [0.15, 0.2) is 113 Å². The zero-order chi connectivity index (χ0) is 44.7. The van der Waals surface area contributed by atoms with Crippen molar-refractivity contribution < 1.29 is 40.9 Å². The number of nitriles is 1. The van der Waals surface area contributed by atoms with Gasteiger partial charge in [0, 0.05) is 31.7 Å². The number of aromatic nitrogens is 5. The van der Waals surface area contributed by atoms with Crippen LogP contribution in [0, 0.1) is 11.3 Å². The van der Waals surface area contributed by atoms with Crippen molar-refractivity contribution in [2.45, 2.75) is 29.4 Å². The summed E-state index contributed by atoms with van der Waals surface area (Å²) in [6.45, 7) is -1.11. The van der Waals surface area contributed by atoms with E-state index in [0.29, 0.717) is 44.2 Å². The highest BCUT2D eigenvalue weighted by Gasteiger charge is 2.38. The first-order valence-electron chi connectivity index (χ1n) is 18.9. The number of methoxy groups -OCH3 is 3. The van der Waals surface area contributed by atoms with Gasteiger partial charge in [0.05, 0.1) is 43.7 Å². The third-order valence-corrected chi connectivity index (χ3v) is 14.1. The van der Waals surface area contributed by atoms with Crippen molar-refractivity contribution in [3.8, 4) is 45.8 Å². The van der Waals surface area contributed by atoms with Gasteiger partial charge in [0.15, 0.2) is 5.01 Å². The van der Waals surface area contributed by atoms with Crippen LogP contribution in [-0.4, -0.2) is 92.0 Å². The lowest BCUT2D eigenvalue weighted by molar-refractivity contribution is 0.194. The average Bonchev–Trinajstić information content (AvgIpc) is 3.95. The van der Waals surface area contributed by atoms with Crippen LogP contribution in [0.5, 0.6) is 17.2 Å². The van der Waals surface area contributed by atoms with Crippen molar-refractivity contribution in [2.75, 3.05) is 34.4 Å². The van der Waals surface area contributed by atoms with Gasteiger partial charge in [0.2, 0.25) is 25.9 Å². The summed E-state index contributed by atoms with van der Waals surface area (Å²) in [7, 11) is -5.17. The van der Waals surface area contributed by atoms with Crippen molar-refractivity contribution in [1.82, 2.24) is 39.5 Å². The highest BCUT2D eigenvalue weighted by molar-refractivity contribution is 7.92. The van der Waals surface area contributed by atoms with E-state index < -0.39 is 42.5 Å². The Morgan fingerprint density at radius 2 is 1.38 bits per heavy atom. The predicted molar refractivity (Wildman–Crippen MR) is 232 cm³/mol. The van der Waals surface area contributed by atoms with Gasteiger partial charge in [-0.25, -0.2) is 31.3 Å².